The molecule has 0 saturated heterocycles. The number of nitriles is 1. The van der Waals surface area contributed by atoms with E-state index in [0.717, 1.165) is 100 Å². The SMILES string of the molecule is N#C/C(=C\c1ccc2c3c(cccc13)-c1c-2c(-c2ccc(N(c3ccccc3)c3ccccc3)cc2)c2ccccc2c1-c1ccc(N(c2ccccc2)c2ccccc2)cc1)C(=O)O. The molecule has 0 spiro atoms. The smallest absolute Gasteiger partial charge is 0.346 e. The van der Waals surface area contributed by atoms with Gasteiger partial charge in [-0.15, -0.1) is 0 Å². The molecule has 5 heteroatoms. The molecule has 0 atom stereocenters. The van der Waals surface area contributed by atoms with Gasteiger partial charge in [-0.3, -0.25) is 0 Å². The standard InChI is InChI=1S/C60H39N3O2/c61-39-43(60(64)65)38-42-32-37-54-57-50(42)26-15-27-53(57)58-55(40-28-33-48(34-29-40)62(44-16-5-1-6-17-44)45-18-7-2-8-19-45)51-24-13-14-25-52(51)56(59(54)58)41-30-35-49(36-31-41)63(46-20-9-3-10-21-46)47-22-11-4-12-23-47/h1-38H,(H,64,65)/b43-38+. The summed E-state index contributed by atoms with van der Waals surface area (Å²) in [5.41, 5.74) is 15.5. The van der Waals surface area contributed by atoms with Crippen molar-refractivity contribution >= 4 is 67.7 Å². The number of aliphatic carboxylic acids is 1. The van der Waals surface area contributed by atoms with Gasteiger partial charge in [0.1, 0.15) is 11.6 Å². The van der Waals surface area contributed by atoms with Crippen molar-refractivity contribution in [1.29, 1.82) is 5.26 Å². The number of benzene rings is 10. The Kier molecular flexibility index (Phi) is 9.80. The van der Waals surface area contributed by atoms with Gasteiger partial charge in [0, 0.05) is 34.1 Å². The predicted octanol–water partition coefficient (Wildman–Crippen LogP) is 15.9. The Labute approximate surface area is 377 Å². The third kappa shape index (κ3) is 6.78. The summed E-state index contributed by atoms with van der Waals surface area (Å²) in [6.45, 7) is 0. The first-order valence-electron chi connectivity index (χ1n) is 21.6. The molecule has 0 fully saturated rings. The number of anilines is 6. The van der Waals surface area contributed by atoms with E-state index in [1.54, 1.807) is 0 Å². The molecule has 1 aliphatic carbocycles. The minimum absolute atomic E-state index is 0.311. The van der Waals surface area contributed by atoms with E-state index in [-0.39, 0.29) is 5.57 Å². The fourth-order valence-electron chi connectivity index (χ4n) is 9.60. The molecule has 306 valence electrons. The van der Waals surface area contributed by atoms with Gasteiger partial charge in [0.2, 0.25) is 0 Å². The molecule has 0 unspecified atom stereocenters. The van der Waals surface area contributed by atoms with Gasteiger partial charge in [-0.05, 0) is 150 Å². The molecule has 0 saturated carbocycles. The Morgan fingerprint density at radius 3 is 1.17 bits per heavy atom. The lowest BCUT2D eigenvalue weighted by molar-refractivity contribution is -0.132. The topological polar surface area (TPSA) is 67.6 Å². The maximum absolute atomic E-state index is 12.1. The van der Waals surface area contributed by atoms with Gasteiger partial charge in [0.05, 0.1) is 0 Å². The molecule has 0 bridgehead atoms. The highest BCUT2D eigenvalue weighted by Crippen LogP contribution is 2.58. The summed E-state index contributed by atoms with van der Waals surface area (Å²) in [5, 5.41) is 23.8. The van der Waals surface area contributed by atoms with E-state index >= 15 is 0 Å². The zero-order chi connectivity index (χ0) is 43.9. The number of hydrogen-bond donors (Lipinski definition) is 1. The highest BCUT2D eigenvalue weighted by molar-refractivity contribution is 6.28. The molecule has 0 heterocycles. The molecule has 1 N–H and O–H groups in total. The van der Waals surface area contributed by atoms with Gasteiger partial charge >= 0.3 is 5.97 Å². The lowest BCUT2D eigenvalue weighted by atomic mass is 9.82. The average Bonchev–Trinajstić information content (AvgIpc) is 3.69. The summed E-state index contributed by atoms with van der Waals surface area (Å²) >= 11 is 0. The van der Waals surface area contributed by atoms with Crippen molar-refractivity contribution in [3.8, 4) is 50.6 Å². The van der Waals surface area contributed by atoms with Crippen LogP contribution >= 0.6 is 0 Å². The van der Waals surface area contributed by atoms with Crippen molar-refractivity contribution in [2.75, 3.05) is 9.80 Å². The van der Waals surface area contributed by atoms with Crippen LogP contribution in [0.3, 0.4) is 0 Å². The Bertz CT molecular complexity index is 3230. The molecule has 5 nitrogen and oxygen atoms in total. The van der Waals surface area contributed by atoms with Crippen molar-refractivity contribution in [2.45, 2.75) is 0 Å². The van der Waals surface area contributed by atoms with Crippen LogP contribution in [0, 0.1) is 11.3 Å². The Morgan fingerprint density at radius 2 is 0.769 bits per heavy atom. The first kappa shape index (κ1) is 38.9. The van der Waals surface area contributed by atoms with E-state index in [9.17, 15) is 15.2 Å². The van der Waals surface area contributed by atoms with E-state index < -0.39 is 5.97 Å². The van der Waals surface area contributed by atoms with Crippen LogP contribution in [-0.2, 0) is 4.79 Å². The van der Waals surface area contributed by atoms with Crippen LogP contribution in [0.1, 0.15) is 5.56 Å². The first-order valence-corrected chi connectivity index (χ1v) is 21.6. The Balaban J connectivity index is 1.15. The number of para-hydroxylation sites is 4. The van der Waals surface area contributed by atoms with E-state index in [1.165, 1.54) is 6.08 Å². The molecule has 0 aromatic heterocycles. The number of nitrogens with zero attached hydrogens (tertiary/aromatic N) is 3. The van der Waals surface area contributed by atoms with Crippen molar-refractivity contribution in [3.63, 3.8) is 0 Å². The first-order chi connectivity index (χ1) is 32.1. The van der Waals surface area contributed by atoms with E-state index in [2.05, 4.69) is 192 Å². The van der Waals surface area contributed by atoms with Gasteiger partial charge in [-0.2, -0.15) is 5.26 Å². The highest BCUT2D eigenvalue weighted by Gasteiger charge is 2.31. The second-order valence-electron chi connectivity index (χ2n) is 16.1. The van der Waals surface area contributed by atoms with Gasteiger partial charge in [-0.1, -0.05) is 152 Å². The number of rotatable bonds is 10. The largest absolute Gasteiger partial charge is 0.477 e. The minimum Gasteiger partial charge on any atom is -0.477 e. The molecule has 0 amide bonds. The molecule has 65 heavy (non-hydrogen) atoms. The molecule has 10 aromatic rings. The van der Waals surface area contributed by atoms with Gasteiger partial charge in [0.25, 0.3) is 0 Å². The number of carboxylic acid groups (broad SMARTS) is 1. The zero-order valence-electron chi connectivity index (χ0n) is 35.1. The second kappa shape index (κ2) is 16.4. The fraction of sp³-hybridized carbons (Fsp3) is 0. The third-order valence-corrected chi connectivity index (χ3v) is 12.4. The Hall–Kier alpha value is -8.98. The van der Waals surface area contributed by atoms with Gasteiger partial charge < -0.3 is 14.9 Å². The quantitative estimate of drug-likeness (QED) is 0.110. The van der Waals surface area contributed by atoms with Crippen LogP contribution < -0.4 is 9.80 Å². The van der Waals surface area contributed by atoms with Crippen LogP contribution in [0.5, 0.6) is 0 Å². The fourth-order valence-corrected chi connectivity index (χ4v) is 9.60. The summed E-state index contributed by atoms with van der Waals surface area (Å²) < 4.78 is 0. The van der Waals surface area contributed by atoms with Gasteiger partial charge in [0.15, 0.2) is 0 Å². The van der Waals surface area contributed by atoms with Crippen LogP contribution in [0.2, 0.25) is 0 Å². The van der Waals surface area contributed by atoms with Crippen LogP contribution in [0.4, 0.5) is 34.1 Å². The molecular weight excluding hydrogens is 795 g/mol. The predicted molar refractivity (Wildman–Crippen MR) is 267 cm³/mol. The number of carbonyl (C=O) groups is 1. The molecule has 0 radical (unpaired) electrons. The summed E-state index contributed by atoms with van der Waals surface area (Å²) in [6, 6.07) is 80.3. The lowest BCUT2D eigenvalue weighted by Crippen LogP contribution is -2.09. The van der Waals surface area contributed by atoms with E-state index in [0.29, 0.717) is 5.56 Å². The van der Waals surface area contributed by atoms with E-state index in [1.807, 2.05) is 48.5 Å². The van der Waals surface area contributed by atoms with Gasteiger partial charge in [-0.25, -0.2) is 4.79 Å². The average molecular weight is 834 g/mol. The maximum atomic E-state index is 12.1. The van der Waals surface area contributed by atoms with Crippen molar-refractivity contribution in [3.05, 3.63) is 236 Å². The minimum atomic E-state index is -1.25. The number of hydrogen-bond acceptors (Lipinski definition) is 4. The number of fused-ring (bicyclic) bond motifs is 4. The summed E-state index contributed by atoms with van der Waals surface area (Å²) in [4.78, 5) is 16.6. The second-order valence-corrected chi connectivity index (χ2v) is 16.1. The zero-order valence-corrected chi connectivity index (χ0v) is 35.1. The van der Waals surface area contributed by atoms with Crippen molar-refractivity contribution in [2.24, 2.45) is 0 Å². The lowest BCUT2D eigenvalue weighted by Gasteiger charge is -2.26. The van der Waals surface area contributed by atoms with E-state index in [4.69, 9.17) is 0 Å². The molecule has 10 aromatic carbocycles. The Morgan fingerprint density at radius 1 is 0.400 bits per heavy atom. The van der Waals surface area contributed by atoms with Crippen molar-refractivity contribution < 1.29 is 9.90 Å². The van der Waals surface area contributed by atoms with Crippen LogP contribution in [0.25, 0.3) is 72.1 Å². The summed E-state index contributed by atoms with van der Waals surface area (Å²) in [7, 11) is 0. The third-order valence-electron chi connectivity index (χ3n) is 12.4. The van der Waals surface area contributed by atoms with Crippen LogP contribution in [0.15, 0.2) is 230 Å². The highest BCUT2D eigenvalue weighted by atomic mass is 16.4. The molecule has 0 aliphatic heterocycles. The molecular formula is C60H39N3O2. The van der Waals surface area contributed by atoms with Crippen molar-refractivity contribution in [1.82, 2.24) is 0 Å². The summed E-state index contributed by atoms with van der Waals surface area (Å²) in [6.07, 6.45) is 1.49. The number of carboxylic acids is 1. The summed E-state index contributed by atoms with van der Waals surface area (Å²) in [5.74, 6) is -1.25. The van der Waals surface area contributed by atoms with Crippen LogP contribution in [-0.4, -0.2) is 11.1 Å². The molecule has 11 rings (SSSR count). The molecule has 1 aliphatic rings. The normalized spacial score (nSPS) is 11.6. The monoisotopic (exact) mass is 833 g/mol. The maximum Gasteiger partial charge on any atom is 0.346 e.